The van der Waals surface area contributed by atoms with Gasteiger partial charge < -0.3 is 10.1 Å². The monoisotopic (exact) mass is 365 g/mol. The zero-order valence-corrected chi connectivity index (χ0v) is 14.9. The minimum atomic E-state index is -0.532. The second kappa shape index (κ2) is 8.18. The van der Waals surface area contributed by atoms with E-state index >= 15 is 0 Å². The van der Waals surface area contributed by atoms with Gasteiger partial charge in [0.15, 0.2) is 6.61 Å². The lowest BCUT2D eigenvalue weighted by Crippen LogP contribution is -2.22. The molecular formula is C18H17Cl2NO3. The topological polar surface area (TPSA) is 55.4 Å². The van der Waals surface area contributed by atoms with Crippen LogP contribution in [0.15, 0.2) is 36.4 Å². The van der Waals surface area contributed by atoms with Crippen LogP contribution in [0.3, 0.4) is 0 Å². The lowest BCUT2D eigenvalue weighted by molar-refractivity contribution is -0.146. The lowest BCUT2D eigenvalue weighted by Gasteiger charge is -2.11. The fourth-order valence-corrected chi connectivity index (χ4v) is 2.57. The first-order chi connectivity index (χ1) is 11.4. The van der Waals surface area contributed by atoms with E-state index in [0.29, 0.717) is 21.3 Å². The summed E-state index contributed by atoms with van der Waals surface area (Å²) in [6, 6.07) is 10.5. The highest BCUT2D eigenvalue weighted by molar-refractivity contribution is 6.35. The molecule has 2 aromatic carbocycles. The molecule has 0 aromatic heterocycles. The summed E-state index contributed by atoms with van der Waals surface area (Å²) >= 11 is 11.8. The fourth-order valence-electron chi connectivity index (χ4n) is 2.09. The Bertz CT molecular complexity index is 775. The van der Waals surface area contributed by atoms with E-state index in [1.807, 2.05) is 26.0 Å². The molecule has 4 nitrogen and oxygen atoms in total. The summed E-state index contributed by atoms with van der Waals surface area (Å²) in [5.74, 6) is -0.922. The van der Waals surface area contributed by atoms with Crippen molar-refractivity contribution in [3.05, 3.63) is 63.1 Å². The van der Waals surface area contributed by atoms with Gasteiger partial charge in [-0.3, -0.25) is 9.59 Å². The zero-order valence-electron chi connectivity index (χ0n) is 13.4. The highest BCUT2D eigenvalue weighted by Gasteiger charge is 2.12. The Kier molecular flexibility index (Phi) is 6.23. The number of anilines is 1. The predicted octanol–water partition coefficient (Wildman–Crippen LogP) is 4.33. The van der Waals surface area contributed by atoms with Gasteiger partial charge in [0.1, 0.15) is 0 Å². The molecule has 0 saturated carbocycles. The van der Waals surface area contributed by atoms with Crippen molar-refractivity contribution in [2.45, 2.75) is 20.3 Å². The molecule has 126 valence electrons. The summed E-state index contributed by atoms with van der Waals surface area (Å²) < 4.78 is 4.99. The molecule has 1 N–H and O–H groups in total. The Morgan fingerprint density at radius 1 is 1.12 bits per heavy atom. The number of hydrogen-bond donors (Lipinski definition) is 1. The number of hydrogen-bond acceptors (Lipinski definition) is 3. The molecule has 2 rings (SSSR count). The van der Waals surface area contributed by atoms with Crippen LogP contribution in [0.25, 0.3) is 0 Å². The van der Waals surface area contributed by atoms with Crippen LogP contribution in [-0.4, -0.2) is 18.5 Å². The van der Waals surface area contributed by atoms with E-state index in [1.165, 1.54) is 0 Å². The van der Waals surface area contributed by atoms with Crippen molar-refractivity contribution in [2.24, 2.45) is 0 Å². The Hall–Kier alpha value is -2.04. The smallest absolute Gasteiger partial charge is 0.310 e. The SMILES string of the molecule is Cc1cccc(NC(=O)COC(=O)Cc2ccc(Cl)cc2Cl)c1C. The summed E-state index contributed by atoms with van der Waals surface area (Å²) in [6.07, 6.45) is -0.0211. The minimum Gasteiger partial charge on any atom is -0.455 e. The van der Waals surface area contributed by atoms with Gasteiger partial charge in [-0.1, -0.05) is 41.4 Å². The molecule has 0 aliphatic heterocycles. The average molecular weight is 366 g/mol. The highest BCUT2D eigenvalue weighted by Crippen LogP contribution is 2.21. The molecule has 0 atom stereocenters. The van der Waals surface area contributed by atoms with Crippen LogP contribution in [-0.2, 0) is 20.7 Å². The van der Waals surface area contributed by atoms with E-state index < -0.39 is 5.97 Å². The molecule has 6 heteroatoms. The fraction of sp³-hybridized carbons (Fsp3) is 0.222. The highest BCUT2D eigenvalue weighted by atomic mass is 35.5. The number of esters is 1. The number of ether oxygens (including phenoxy) is 1. The predicted molar refractivity (Wildman–Crippen MR) is 95.7 cm³/mol. The van der Waals surface area contributed by atoms with Gasteiger partial charge in [-0.25, -0.2) is 0 Å². The van der Waals surface area contributed by atoms with Gasteiger partial charge in [0.25, 0.3) is 5.91 Å². The van der Waals surface area contributed by atoms with Gasteiger partial charge in [0, 0.05) is 15.7 Å². The largest absolute Gasteiger partial charge is 0.455 e. The van der Waals surface area contributed by atoms with E-state index in [-0.39, 0.29) is 18.9 Å². The van der Waals surface area contributed by atoms with Crippen LogP contribution in [0.1, 0.15) is 16.7 Å². The molecular weight excluding hydrogens is 349 g/mol. The Morgan fingerprint density at radius 2 is 1.88 bits per heavy atom. The van der Waals surface area contributed by atoms with Crippen molar-refractivity contribution >= 4 is 40.8 Å². The van der Waals surface area contributed by atoms with Crippen LogP contribution in [0.2, 0.25) is 10.0 Å². The van der Waals surface area contributed by atoms with E-state index in [1.54, 1.807) is 24.3 Å². The molecule has 0 fully saturated rings. The number of carbonyl (C=O) groups excluding carboxylic acids is 2. The van der Waals surface area contributed by atoms with E-state index in [2.05, 4.69) is 5.32 Å². The van der Waals surface area contributed by atoms with Crippen molar-refractivity contribution in [2.75, 3.05) is 11.9 Å². The molecule has 1 amide bonds. The van der Waals surface area contributed by atoms with Crippen LogP contribution >= 0.6 is 23.2 Å². The number of amides is 1. The Labute approximate surface area is 150 Å². The number of carbonyl (C=O) groups is 2. The molecule has 2 aromatic rings. The summed E-state index contributed by atoms with van der Waals surface area (Å²) in [7, 11) is 0. The standard InChI is InChI=1S/C18H17Cl2NO3/c1-11-4-3-5-16(12(11)2)21-17(22)10-24-18(23)8-13-6-7-14(19)9-15(13)20/h3-7,9H,8,10H2,1-2H3,(H,21,22). The van der Waals surface area contributed by atoms with Gasteiger partial charge in [-0.05, 0) is 48.7 Å². The molecule has 0 bridgehead atoms. The molecule has 0 spiro atoms. The van der Waals surface area contributed by atoms with Crippen LogP contribution in [0, 0.1) is 13.8 Å². The second-order valence-corrected chi connectivity index (χ2v) is 6.21. The lowest BCUT2D eigenvalue weighted by atomic mass is 10.1. The quantitative estimate of drug-likeness (QED) is 0.802. The van der Waals surface area contributed by atoms with Gasteiger partial charge in [-0.2, -0.15) is 0 Å². The van der Waals surface area contributed by atoms with Crippen molar-refractivity contribution < 1.29 is 14.3 Å². The number of nitrogens with one attached hydrogen (secondary N) is 1. The van der Waals surface area contributed by atoms with Crippen molar-refractivity contribution in [1.29, 1.82) is 0 Å². The third kappa shape index (κ3) is 4.98. The molecule has 0 aliphatic carbocycles. The van der Waals surface area contributed by atoms with Gasteiger partial charge in [0.05, 0.1) is 6.42 Å². The number of rotatable bonds is 5. The third-order valence-corrected chi connectivity index (χ3v) is 4.18. The summed E-state index contributed by atoms with van der Waals surface area (Å²) in [5, 5.41) is 3.61. The molecule has 24 heavy (non-hydrogen) atoms. The molecule has 0 unspecified atom stereocenters. The maximum absolute atomic E-state index is 11.9. The second-order valence-electron chi connectivity index (χ2n) is 5.37. The third-order valence-electron chi connectivity index (χ3n) is 3.59. The molecule has 0 aliphatic rings. The molecule has 0 saturated heterocycles. The van der Waals surface area contributed by atoms with Crippen molar-refractivity contribution in [1.82, 2.24) is 0 Å². The van der Waals surface area contributed by atoms with E-state index in [4.69, 9.17) is 27.9 Å². The number of benzene rings is 2. The molecule has 0 radical (unpaired) electrons. The Balaban J connectivity index is 1.87. The maximum atomic E-state index is 11.9. The van der Waals surface area contributed by atoms with Gasteiger partial charge in [0.2, 0.25) is 0 Å². The first-order valence-electron chi connectivity index (χ1n) is 7.32. The minimum absolute atomic E-state index is 0.0211. The van der Waals surface area contributed by atoms with E-state index in [0.717, 1.165) is 11.1 Å². The van der Waals surface area contributed by atoms with Crippen molar-refractivity contribution in [3.8, 4) is 0 Å². The number of halogens is 2. The summed E-state index contributed by atoms with van der Waals surface area (Å²) in [6.45, 7) is 3.53. The first-order valence-corrected chi connectivity index (χ1v) is 8.08. The maximum Gasteiger partial charge on any atom is 0.310 e. The zero-order chi connectivity index (χ0) is 17.7. The first kappa shape index (κ1) is 18.3. The molecule has 0 heterocycles. The van der Waals surface area contributed by atoms with E-state index in [9.17, 15) is 9.59 Å². The summed E-state index contributed by atoms with van der Waals surface area (Å²) in [4.78, 5) is 23.7. The van der Waals surface area contributed by atoms with Crippen LogP contribution in [0.5, 0.6) is 0 Å². The normalized spacial score (nSPS) is 10.3. The van der Waals surface area contributed by atoms with Gasteiger partial charge >= 0.3 is 5.97 Å². The van der Waals surface area contributed by atoms with Gasteiger partial charge in [-0.15, -0.1) is 0 Å². The van der Waals surface area contributed by atoms with Crippen molar-refractivity contribution in [3.63, 3.8) is 0 Å². The van der Waals surface area contributed by atoms with Crippen LogP contribution < -0.4 is 5.32 Å². The average Bonchev–Trinajstić information content (AvgIpc) is 2.53. The number of aryl methyl sites for hydroxylation is 1. The van der Waals surface area contributed by atoms with Crippen LogP contribution in [0.4, 0.5) is 5.69 Å². The summed E-state index contributed by atoms with van der Waals surface area (Å²) in [5.41, 5.74) is 3.35. The Morgan fingerprint density at radius 3 is 2.58 bits per heavy atom.